The monoisotopic (exact) mass is 549 g/mol. The van der Waals surface area contributed by atoms with Crippen molar-refractivity contribution >= 4 is 21.9 Å². The van der Waals surface area contributed by atoms with Gasteiger partial charge in [-0.25, -0.2) is 18.1 Å². The zero-order chi connectivity index (χ0) is 27.9. The van der Waals surface area contributed by atoms with E-state index in [-0.39, 0.29) is 28.7 Å². The van der Waals surface area contributed by atoms with Gasteiger partial charge in [-0.05, 0) is 62.6 Å². The number of sulfonamides is 1. The highest BCUT2D eigenvalue weighted by molar-refractivity contribution is 7.92. The van der Waals surface area contributed by atoms with Gasteiger partial charge < -0.3 is 9.64 Å². The Morgan fingerprint density at radius 1 is 1.05 bits per heavy atom. The van der Waals surface area contributed by atoms with Crippen molar-refractivity contribution in [1.82, 2.24) is 19.8 Å². The summed E-state index contributed by atoms with van der Waals surface area (Å²) in [6, 6.07) is 13.8. The summed E-state index contributed by atoms with van der Waals surface area (Å²) in [6.07, 6.45) is 0.477. The van der Waals surface area contributed by atoms with Gasteiger partial charge in [-0.2, -0.15) is 4.98 Å². The van der Waals surface area contributed by atoms with Crippen molar-refractivity contribution in [2.75, 3.05) is 31.4 Å². The molecule has 3 aromatic rings. The molecule has 0 aliphatic carbocycles. The van der Waals surface area contributed by atoms with Gasteiger partial charge in [-0.15, -0.1) is 0 Å². The van der Waals surface area contributed by atoms with E-state index in [9.17, 15) is 13.2 Å². The summed E-state index contributed by atoms with van der Waals surface area (Å²) < 4.78 is 35.9. The molecule has 1 amide bonds. The van der Waals surface area contributed by atoms with Crippen LogP contribution in [-0.4, -0.2) is 72.9 Å². The summed E-state index contributed by atoms with van der Waals surface area (Å²) in [5.74, 6) is 0.350. The van der Waals surface area contributed by atoms with Crippen LogP contribution in [0.15, 0.2) is 53.4 Å². The second-order valence-electron chi connectivity index (χ2n) is 10.9. The smallest absolute Gasteiger partial charge is 0.264 e. The molecule has 3 heterocycles. The highest BCUT2D eigenvalue weighted by Gasteiger charge is 2.36. The molecule has 1 N–H and O–H groups in total. The lowest BCUT2D eigenvalue weighted by Crippen LogP contribution is -2.47. The fourth-order valence-corrected chi connectivity index (χ4v) is 6.45. The van der Waals surface area contributed by atoms with E-state index in [2.05, 4.69) is 40.5 Å². The van der Waals surface area contributed by atoms with E-state index in [1.54, 1.807) is 23.1 Å². The molecular weight excluding hydrogens is 514 g/mol. The Kier molecular flexibility index (Phi) is 7.35. The van der Waals surface area contributed by atoms with Crippen LogP contribution < -0.4 is 9.46 Å². The second kappa shape index (κ2) is 10.6. The maximum Gasteiger partial charge on any atom is 0.264 e. The van der Waals surface area contributed by atoms with Crippen LogP contribution in [0.5, 0.6) is 5.88 Å². The first-order chi connectivity index (χ1) is 18.5. The molecule has 2 aliphatic rings. The van der Waals surface area contributed by atoms with Crippen LogP contribution >= 0.6 is 0 Å². The third-order valence-electron chi connectivity index (χ3n) is 7.45. The molecule has 9 nitrogen and oxygen atoms in total. The van der Waals surface area contributed by atoms with Gasteiger partial charge in [0, 0.05) is 36.3 Å². The molecule has 0 spiro atoms. The predicted molar refractivity (Wildman–Crippen MR) is 150 cm³/mol. The Morgan fingerprint density at radius 2 is 1.77 bits per heavy atom. The summed E-state index contributed by atoms with van der Waals surface area (Å²) >= 11 is 0. The Balaban J connectivity index is 1.71. The number of amides is 1. The normalized spacial score (nSPS) is 21.2. The molecule has 206 valence electrons. The number of ether oxygens (including phenoxy) is 1. The number of fused-ring (bicyclic) bond motifs is 6. The number of hydrogen-bond donors (Lipinski definition) is 1. The topological polar surface area (TPSA) is 105 Å². The maximum absolute atomic E-state index is 13.6. The van der Waals surface area contributed by atoms with Gasteiger partial charge in [0.1, 0.15) is 6.10 Å². The van der Waals surface area contributed by atoms with Crippen molar-refractivity contribution in [1.29, 1.82) is 0 Å². The van der Waals surface area contributed by atoms with E-state index in [4.69, 9.17) is 4.74 Å². The van der Waals surface area contributed by atoms with Crippen LogP contribution in [0.1, 0.15) is 41.8 Å². The standard InChI is InChI=1S/C29H35N5O4S/c1-18(2)14-24-25-17-34(13-12-33(24)5)28(35)21-10-7-11-22(15-21)39(36,37)32-29-30-23(16-26(31-29)38-25)27-19(3)8-6-9-20(27)4/h6-11,15-16,18,24-25H,12-14,17H2,1-5H3,(H,30,31,32)/t24-,25+/m1/s1. The van der Waals surface area contributed by atoms with Crippen LogP contribution in [0.4, 0.5) is 5.95 Å². The summed E-state index contributed by atoms with van der Waals surface area (Å²) in [5.41, 5.74) is 3.77. The summed E-state index contributed by atoms with van der Waals surface area (Å²) in [7, 11) is -2.02. The van der Waals surface area contributed by atoms with E-state index >= 15 is 0 Å². The summed E-state index contributed by atoms with van der Waals surface area (Å²) in [4.78, 5) is 26.7. The molecule has 2 aliphatic heterocycles. The molecule has 39 heavy (non-hydrogen) atoms. The molecule has 2 atom stereocenters. The first kappa shape index (κ1) is 27.1. The lowest BCUT2D eigenvalue weighted by atomic mass is 9.97. The lowest BCUT2D eigenvalue weighted by molar-refractivity contribution is 0.0576. The first-order valence-corrected chi connectivity index (χ1v) is 14.7. The summed E-state index contributed by atoms with van der Waals surface area (Å²) in [5, 5.41) is 0. The van der Waals surface area contributed by atoms with Crippen LogP contribution in [0.3, 0.4) is 0 Å². The van der Waals surface area contributed by atoms with Crippen LogP contribution in [-0.2, 0) is 10.0 Å². The SMILES string of the molecule is Cc1cccc(C)c1-c1cc2nc(n1)NS(=O)(=O)c1cccc(c1)C(=O)N1CCN(C)[C@H](CC(C)C)[C@H](C1)O2. The van der Waals surface area contributed by atoms with Crippen molar-refractivity contribution in [3.05, 3.63) is 65.2 Å². The Hall–Kier alpha value is -3.50. The summed E-state index contributed by atoms with van der Waals surface area (Å²) in [6.45, 7) is 9.85. The number of carbonyl (C=O) groups is 1. The minimum absolute atomic E-state index is 0.0259. The first-order valence-electron chi connectivity index (χ1n) is 13.3. The van der Waals surface area contributed by atoms with Crippen molar-refractivity contribution in [3.8, 4) is 17.1 Å². The highest BCUT2D eigenvalue weighted by atomic mass is 32.2. The Bertz CT molecular complexity index is 1490. The molecule has 1 fully saturated rings. The molecule has 10 heteroatoms. The van der Waals surface area contributed by atoms with Gasteiger partial charge in [0.05, 0.1) is 17.1 Å². The third kappa shape index (κ3) is 5.62. The Labute approximate surface area is 230 Å². The number of hydrogen-bond acceptors (Lipinski definition) is 7. The number of aromatic nitrogens is 2. The third-order valence-corrected chi connectivity index (χ3v) is 8.77. The van der Waals surface area contributed by atoms with Crippen molar-refractivity contribution < 1.29 is 17.9 Å². The minimum atomic E-state index is -4.08. The number of carbonyl (C=O) groups excluding carboxylic acids is 1. The van der Waals surface area contributed by atoms with Crippen molar-refractivity contribution in [3.63, 3.8) is 0 Å². The fraction of sp³-hybridized carbons (Fsp3) is 0.414. The number of anilines is 1. The number of rotatable bonds is 3. The zero-order valence-corrected chi connectivity index (χ0v) is 23.8. The van der Waals surface area contributed by atoms with Crippen LogP contribution in [0.2, 0.25) is 0 Å². The number of likely N-dealkylation sites (N-methyl/N-ethyl adjacent to an activating group) is 1. The van der Waals surface area contributed by atoms with Crippen LogP contribution in [0, 0.1) is 19.8 Å². The van der Waals surface area contributed by atoms with E-state index < -0.39 is 16.1 Å². The average molecular weight is 550 g/mol. The molecular formula is C29H35N5O4S. The minimum Gasteiger partial charge on any atom is -0.471 e. The van der Waals surface area contributed by atoms with Crippen molar-refractivity contribution in [2.45, 2.75) is 51.2 Å². The highest BCUT2D eigenvalue weighted by Crippen LogP contribution is 2.31. The zero-order valence-electron chi connectivity index (χ0n) is 23.0. The van der Waals surface area contributed by atoms with E-state index in [1.165, 1.54) is 12.1 Å². The molecule has 0 unspecified atom stereocenters. The molecule has 1 aromatic heterocycles. The molecule has 6 bridgehead atoms. The number of nitrogens with one attached hydrogen (secondary N) is 1. The Morgan fingerprint density at radius 3 is 2.49 bits per heavy atom. The average Bonchev–Trinajstić information content (AvgIpc) is 3.01. The van der Waals surface area contributed by atoms with Gasteiger partial charge in [-0.1, -0.05) is 38.1 Å². The van der Waals surface area contributed by atoms with Gasteiger partial charge in [0.15, 0.2) is 0 Å². The van der Waals surface area contributed by atoms with E-state index in [0.717, 1.165) is 23.1 Å². The van der Waals surface area contributed by atoms with Crippen molar-refractivity contribution in [2.24, 2.45) is 5.92 Å². The quantitative estimate of drug-likeness (QED) is 0.524. The number of nitrogens with zero attached hydrogens (tertiary/aromatic N) is 4. The van der Waals surface area contributed by atoms with E-state index in [0.29, 0.717) is 36.8 Å². The lowest BCUT2D eigenvalue weighted by Gasteiger charge is -2.33. The largest absolute Gasteiger partial charge is 0.471 e. The molecule has 0 radical (unpaired) electrons. The molecule has 2 aromatic carbocycles. The predicted octanol–water partition coefficient (Wildman–Crippen LogP) is 4.12. The number of aryl methyl sites for hydroxylation is 2. The van der Waals surface area contributed by atoms with E-state index in [1.807, 2.05) is 32.0 Å². The second-order valence-corrected chi connectivity index (χ2v) is 12.6. The van der Waals surface area contributed by atoms with Gasteiger partial charge in [0.25, 0.3) is 15.9 Å². The fourth-order valence-electron chi connectivity index (χ4n) is 5.46. The maximum atomic E-state index is 13.6. The molecule has 5 rings (SSSR count). The van der Waals surface area contributed by atoms with Crippen LogP contribution in [0.25, 0.3) is 11.3 Å². The van der Waals surface area contributed by atoms with Gasteiger partial charge in [0.2, 0.25) is 11.8 Å². The molecule has 0 saturated carbocycles. The van der Waals surface area contributed by atoms with Gasteiger partial charge >= 0.3 is 0 Å². The van der Waals surface area contributed by atoms with Gasteiger partial charge in [-0.3, -0.25) is 9.69 Å². The number of benzene rings is 2. The molecule has 1 saturated heterocycles.